The van der Waals surface area contributed by atoms with Gasteiger partial charge in [-0.1, -0.05) is 12.8 Å². The van der Waals surface area contributed by atoms with Gasteiger partial charge in [0.25, 0.3) is 11.8 Å². The highest BCUT2D eigenvalue weighted by Gasteiger charge is 2.49. The van der Waals surface area contributed by atoms with Crippen molar-refractivity contribution in [3.8, 4) is 0 Å². The van der Waals surface area contributed by atoms with Gasteiger partial charge in [-0.2, -0.15) is 0 Å². The highest BCUT2D eigenvalue weighted by molar-refractivity contribution is 6.13. The van der Waals surface area contributed by atoms with E-state index in [9.17, 15) is 19.5 Å². The zero-order chi connectivity index (χ0) is 12.6. The van der Waals surface area contributed by atoms with Crippen molar-refractivity contribution in [3.63, 3.8) is 0 Å². The standard InChI is InChI=1S/C12H15NO4/c1-12(11(16)17)7-3-2-4-8(12)13-9(14)5-6-10(13)15/h5-6,8H,2-4,7H2,1H3,(H,16,17). The summed E-state index contributed by atoms with van der Waals surface area (Å²) in [5, 5.41) is 9.33. The van der Waals surface area contributed by atoms with E-state index in [0.29, 0.717) is 12.8 Å². The van der Waals surface area contributed by atoms with Gasteiger partial charge in [-0.05, 0) is 19.8 Å². The molecule has 2 amide bonds. The van der Waals surface area contributed by atoms with Gasteiger partial charge in [0.1, 0.15) is 0 Å². The molecule has 5 heteroatoms. The van der Waals surface area contributed by atoms with Crippen LogP contribution < -0.4 is 0 Å². The number of amides is 2. The summed E-state index contributed by atoms with van der Waals surface area (Å²) in [5.74, 6) is -1.72. The van der Waals surface area contributed by atoms with Gasteiger partial charge in [-0.3, -0.25) is 19.3 Å². The van der Waals surface area contributed by atoms with Crippen molar-refractivity contribution in [1.82, 2.24) is 4.90 Å². The molecule has 0 aromatic rings. The summed E-state index contributed by atoms with van der Waals surface area (Å²) >= 11 is 0. The number of nitrogens with zero attached hydrogens (tertiary/aromatic N) is 1. The molecule has 1 saturated carbocycles. The maximum atomic E-state index is 11.6. The molecule has 0 saturated heterocycles. The summed E-state index contributed by atoms with van der Waals surface area (Å²) in [6.07, 6.45) is 5.16. The quantitative estimate of drug-likeness (QED) is 0.725. The van der Waals surface area contributed by atoms with E-state index in [2.05, 4.69) is 0 Å². The lowest BCUT2D eigenvalue weighted by atomic mass is 9.71. The van der Waals surface area contributed by atoms with E-state index in [1.165, 1.54) is 12.2 Å². The molecule has 1 aliphatic carbocycles. The van der Waals surface area contributed by atoms with Crippen LogP contribution >= 0.6 is 0 Å². The molecular weight excluding hydrogens is 222 g/mol. The molecule has 2 unspecified atom stereocenters. The minimum Gasteiger partial charge on any atom is -0.481 e. The van der Waals surface area contributed by atoms with Crippen LogP contribution in [0, 0.1) is 5.41 Å². The van der Waals surface area contributed by atoms with E-state index in [1.54, 1.807) is 6.92 Å². The van der Waals surface area contributed by atoms with E-state index in [-0.39, 0.29) is 0 Å². The lowest BCUT2D eigenvalue weighted by Gasteiger charge is -2.41. The number of carbonyl (C=O) groups excluding carboxylic acids is 2. The largest absolute Gasteiger partial charge is 0.481 e. The SMILES string of the molecule is CC1(C(=O)O)CCCCC1N1C(=O)C=CC1=O. The highest BCUT2D eigenvalue weighted by atomic mass is 16.4. The predicted octanol–water partition coefficient (Wildman–Crippen LogP) is 0.945. The minimum atomic E-state index is -1.02. The Morgan fingerprint density at radius 3 is 2.47 bits per heavy atom. The van der Waals surface area contributed by atoms with Crippen LogP contribution in [0.2, 0.25) is 0 Å². The van der Waals surface area contributed by atoms with Crippen LogP contribution in [-0.4, -0.2) is 33.8 Å². The third-order valence-electron chi connectivity index (χ3n) is 3.80. The monoisotopic (exact) mass is 237 g/mol. The Labute approximate surface area is 99.1 Å². The second kappa shape index (κ2) is 3.98. The summed E-state index contributed by atoms with van der Waals surface area (Å²) in [6, 6.07) is -0.524. The first kappa shape index (κ1) is 11.8. The second-order valence-electron chi connectivity index (χ2n) is 4.86. The molecule has 2 atom stereocenters. The Bertz CT molecular complexity index is 397. The molecule has 1 fully saturated rings. The lowest BCUT2D eigenvalue weighted by molar-refractivity contribution is -0.159. The first-order valence-electron chi connectivity index (χ1n) is 5.75. The molecule has 0 spiro atoms. The Hall–Kier alpha value is -1.65. The highest BCUT2D eigenvalue weighted by Crippen LogP contribution is 2.40. The molecule has 2 rings (SSSR count). The number of rotatable bonds is 2. The Morgan fingerprint density at radius 1 is 1.35 bits per heavy atom. The summed E-state index contributed by atoms with van der Waals surface area (Å²) < 4.78 is 0. The number of hydrogen-bond acceptors (Lipinski definition) is 3. The van der Waals surface area contributed by atoms with Crippen LogP contribution in [0.5, 0.6) is 0 Å². The molecule has 1 aliphatic heterocycles. The topological polar surface area (TPSA) is 74.7 Å². The molecule has 0 radical (unpaired) electrons. The van der Waals surface area contributed by atoms with Gasteiger partial charge in [0, 0.05) is 12.2 Å². The van der Waals surface area contributed by atoms with Crippen molar-refractivity contribution >= 4 is 17.8 Å². The Kier molecular flexibility index (Phi) is 2.77. The van der Waals surface area contributed by atoms with Crippen LogP contribution in [0.3, 0.4) is 0 Å². The van der Waals surface area contributed by atoms with Crippen molar-refractivity contribution in [2.75, 3.05) is 0 Å². The van der Waals surface area contributed by atoms with Gasteiger partial charge in [0.2, 0.25) is 0 Å². The van der Waals surface area contributed by atoms with E-state index in [0.717, 1.165) is 17.7 Å². The maximum absolute atomic E-state index is 11.6. The fourth-order valence-corrected chi connectivity index (χ4v) is 2.70. The van der Waals surface area contributed by atoms with E-state index in [4.69, 9.17) is 0 Å². The molecule has 92 valence electrons. The third kappa shape index (κ3) is 1.75. The van der Waals surface area contributed by atoms with Gasteiger partial charge in [0.05, 0.1) is 11.5 Å². The van der Waals surface area contributed by atoms with Crippen molar-refractivity contribution in [2.45, 2.75) is 38.6 Å². The van der Waals surface area contributed by atoms with Crippen molar-refractivity contribution in [1.29, 1.82) is 0 Å². The van der Waals surface area contributed by atoms with Crippen LogP contribution in [-0.2, 0) is 14.4 Å². The number of aliphatic carboxylic acids is 1. The predicted molar refractivity (Wildman–Crippen MR) is 59.0 cm³/mol. The fourth-order valence-electron chi connectivity index (χ4n) is 2.70. The zero-order valence-electron chi connectivity index (χ0n) is 9.68. The van der Waals surface area contributed by atoms with Crippen LogP contribution in [0.15, 0.2) is 12.2 Å². The lowest BCUT2D eigenvalue weighted by Crippen LogP contribution is -2.54. The first-order valence-corrected chi connectivity index (χ1v) is 5.75. The summed E-state index contributed by atoms with van der Waals surface area (Å²) in [5.41, 5.74) is -1.02. The zero-order valence-corrected chi connectivity index (χ0v) is 9.68. The number of imide groups is 1. The number of carboxylic acid groups (broad SMARTS) is 1. The molecule has 0 aromatic carbocycles. The van der Waals surface area contributed by atoms with Crippen molar-refractivity contribution < 1.29 is 19.5 Å². The normalized spacial score (nSPS) is 33.2. The Balaban J connectivity index is 2.32. The Morgan fingerprint density at radius 2 is 1.94 bits per heavy atom. The maximum Gasteiger partial charge on any atom is 0.311 e. The van der Waals surface area contributed by atoms with Crippen molar-refractivity contribution in [2.24, 2.45) is 5.41 Å². The van der Waals surface area contributed by atoms with E-state index < -0.39 is 29.2 Å². The first-order chi connectivity index (χ1) is 7.97. The van der Waals surface area contributed by atoms with Gasteiger partial charge in [-0.15, -0.1) is 0 Å². The van der Waals surface area contributed by atoms with Crippen LogP contribution in [0.25, 0.3) is 0 Å². The molecule has 17 heavy (non-hydrogen) atoms. The van der Waals surface area contributed by atoms with Gasteiger partial charge in [0.15, 0.2) is 0 Å². The summed E-state index contributed by atoms with van der Waals surface area (Å²) in [6.45, 7) is 1.62. The number of carboxylic acids is 1. The second-order valence-corrected chi connectivity index (χ2v) is 4.86. The smallest absolute Gasteiger partial charge is 0.311 e. The van der Waals surface area contributed by atoms with E-state index >= 15 is 0 Å². The molecule has 2 aliphatic rings. The summed E-state index contributed by atoms with van der Waals surface area (Å²) in [7, 11) is 0. The molecular formula is C12H15NO4. The van der Waals surface area contributed by atoms with Gasteiger partial charge < -0.3 is 5.11 Å². The number of hydrogen-bond donors (Lipinski definition) is 1. The minimum absolute atomic E-state index is 0.394. The molecule has 0 aromatic heterocycles. The van der Waals surface area contributed by atoms with Crippen LogP contribution in [0.1, 0.15) is 32.6 Å². The molecule has 1 heterocycles. The third-order valence-corrected chi connectivity index (χ3v) is 3.80. The van der Waals surface area contributed by atoms with E-state index in [1.807, 2.05) is 0 Å². The number of carbonyl (C=O) groups is 3. The fraction of sp³-hybridized carbons (Fsp3) is 0.583. The molecule has 0 bridgehead atoms. The molecule has 5 nitrogen and oxygen atoms in total. The van der Waals surface area contributed by atoms with Crippen LogP contribution in [0.4, 0.5) is 0 Å². The van der Waals surface area contributed by atoms with Crippen molar-refractivity contribution in [3.05, 3.63) is 12.2 Å². The summed E-state index contributed by atoms with van der Waals surface area (Å²) in [4.78, 5) is 35.7. The van der Waals surface area contributed by atoms with Gasteiger partial charge >= 0.3 is 5.97 Å². The molecule has 1 N–H and O–H groups in total. The average molecular weight is 237 g/mol. The van der Waals surface area contributed by atoms with Gasteiger partial charge in [-0.25, -0.2) is 0 Å². The average Bonchev–Trinajstić information content (AvgIpc) is 2.60.